The van der Waals surface area contributed by atoms with E-state index in [1.165, 1.54) is 0 Å². The van der Waals surface area contributed by atoms with Crippen molar-refractivity contribution in [2.45, 2.75) is 39.7 Å². The molecule has 23 heavy (non-hydrogen) atoms. The molecular formula is C19H24N2O2. The Morgan fingerprint density at radius 3 is 2.26 bits per heavy atom. The number of aryl methyl sites for hydroxylation is 1. The van der Waals surface area contributed by atoms with Gasteiger partial charge in [0.15, 0.2) is 0 Å². The third-order valence-electron chi connectivity index (χ3n) is 3.60. The van der Waals surface area contributed by atoms with Gasteiger partial charge in [-0.15, -0.1) is 0 Å². The summed E-state index contributed by atoms with van der Waals surface area (Å²) in [5, 5.41) is 5.63. The maximum Gasteiger partial charge on any atom is 0.323 e. The van der Waals surface area contributed by atoms with Gasteiger partial charge in [-0.3, -0.25) is 0 Å². The molecule has 0 unspecified atom stereocenters. The molecule has 0 aliphatic carbocycles. The number of hydrogen-bond donors (Lipinski definition) is 2. The molecule has 0 aliphatic rings. The second kappa shape index (κ2) is 8.22. The molecule has 0 saturated carbocycles. The minimum Gasteiger partial charge on any atom is -0.490 e. The first kappa shape index (κ1) is 16.9. The summed E-state index contributed by atoms with van der Waals surface area (Å²) in [6.45, 7) is 6.21. The fourth-order valence-electron chi connectivity index (χ4n) is 2.28. The van der Waals surface area contributed by atoms with Crippen LogP contribution in [0.2, 0.25) is 0 Å². The van der Waals surface area contributed by atoms with Crippen LogP contribution in [0.5, 0.6) is 5.75 Å². The molecule has 0 fully saturated rings. The molecule has 0 heterocycles. The van der Waals surface area contributed by atoms with E-state index in [0.717, 1.165) is 35.5 Å². The number of nitrogens with one attached hydrogen (secondary N) is 2. The van der Waals surface area contributed by atoms with Crippen molar-refractivity contribution in [3.8, 4) is 5.75 Å². The van der Waals surface area contributed by atoms with Gasteiger partial charge >= 0.3 is 6.03 Å². The van der Waals surface area contributed by atoms with E-state index >= 15 is 0 Å². The predicted octanol–water partition coefficient (Wildman–Crippen LogP) is 5.21. The maximum atomic E-state index is 12.0. The molecule has 2 aromatic rings. The monoisotopic (exact) mass is 312 g/mol. The van der Waals surface area contributed by atoms with Crippen molar-refractivity contribution in [1.29, 1.82) is 0 Å². The van der Waals surface area contributed by atoms with Crippen LogP contribution in [0.1, 0.15) is 32.3 Å². The zero-order valence-electron chi connectivity index (χ0n) is 13.9. The van der Waals surface area contributed by atoms with Crippen LogP contribution < -0.4 is 15.4 Å². The predicted molar refractivity (Wildman–Crippen MR) is 95.3 cm³/mol. The molecule has 0 aliphatic heterocycles. The van der Waals surface area contributed by atoms with Crippen LogP contribution in [0, 0.1) is 6.92 Å². The van der Waals surface area contributed by atoms with E-state index in [1.54, 1.807) is 0 Å². The molecule has 4 nitrogen and oxygen atoms in total. The van der Waals surface area contributed by atoms with Crippen molar-refractivity contribution in [2.75, 3.05) is 10.6 Å². The number of anilines is 2. The van der Waals surface area contributed by atoms with Crippen LogP contribution in [0.25, 0.3) is 0 Å². The fraction of sp³-hybridized carbons (Fsp3) is 0.316. The van der Waals surface area contributed by atoms with E-state index < -0.39 is 0 Å². The van der Waals surface area contributed by atoms with Gasteiger partial charge in [0, 0.05) is 11.4 Å². The molecule has 0 spiro atoms. The molecule has 2 rings (SSSR count). The van der Waals surface area contributed by atoms with Gasteiger partial charge in [0.2, 0.25) is 0 Å². The molecule has 0 bridgehead atoms. The van der Waals surface area contributed by atoms with Crippen LogP contribution >= 0.6 is 0 Å². The number of carbonyl (C=O) groups is 1. The first-order valence-electron chi connectivity index (χ1n) is 8.02. The van der Waals surface area contributed by atoms with Gasteiger partial charge in [0.05, 0.1) is 6.10 Å². The number of carbonyl (C=O) groups excluding carboxylic acids is 1. The average Bonchev–Trinajstić information content (AvgIpc) is 2.54. The van der Waals surface area contributed by atoms with Gasteiger partial charge in [-0.25, -0.2) is 4.79 Å². The van der Waals surface area contributed by atoms with Crippen LogP contribution in [-0.2, 0) is 0 Å². The Bertz CT molecular complexity index is 634. The average molecular weight is 312 g/mol. The van der Waals surface area contributed by atoms with Crippen molar-refractivity contribution in [3.63, 3.8) is 0 Å². The summed E-state index contributed by atoms with van der Waals surface area (Å²) in [7, 11) is 0. The van der Waals surface area contributed by atoms with E-state index in [2.05, 4.69) is 24.5 Å². The lowest BCUT2D eigenvalue weighted by molar-refractivity contribution is 0.193. The first-order chi connectivity index (χ1) is 11.1. The number of hydrogen-bond acceptors (Lipinski definition) is 2. The molecule has 2 aromatic carbocycles. The lowest BCUT2D eigenvalue weighted by atomic mass is 10.2. The van der Waals surface area contributed by atoms with Gasteiger partial charge in [0.1, 0.15) is 5.75 Å². The number of amides is 2. The van der Waals surface area contributed by atoms with Crippen molar-refractivity contribution >= 4 is 17.4 Å². The number of benzene rings is 2. The molecule has 0 radical (unpaired) electrons. The first-order valence-corrected chi connectivity index (χ1v) is 8.02. The van der Waals surface area contributed by atoms with Gasteiger partial charge in [0.25, 0.3) is 0 Å². The van der Waals surface area contributed by atoms with Crippen molar-refractivity contribution in [1.82, 2.24) is 0 Å². The SMILES string of the molecule is CCC(CC)Oc1ccc(NC(=O)Nc2cccc(C)c2)cc1. The zero-order valence-corrected chi connectivity index (χ0v) is 13.9. The third kappa shape index (κ3) is 5.33. The minimum atomic E-state index is -0.260. The quantitative estimate of drug-likeness (QED) is 0.769. The van der Waals surface area contributed by atoms with E-state index in [0.29, 0.717) is 0 Å². The summed E-state index contributed by atoms with van der Waals surface area (Å²) in [5.74, 6) is 0.823. The Labute approximate surface area is 137 Å². The van der Waals surface area contributed by atoms with E-state index in [-0.39, 0.29) is 12.1 Å². The number of ether oxygens (including phenoxy) is 1. The van der Waals surface area contributed by atoms with Crippen LogP contribution in [0.4, 0.5) is 16.2 Å². The Kier molecular flexibility index (Phi) is 6.03. The fourth-order valence-corrected chi connectivity index (χ4v) is 2.28. The Morgan fingerprint density at radius 1 is 1.00 bits per heavy atom. The van der Waals surface area contributed by atoms with E-state index in [1.807, 2.05) is 55.5 Å². The molecule has 0 saturated heterocycles. The van der Waals surface area contributed by atoms with Crippen LogP contribution in [0.15, 0.2) is 48.5 Å². The van der Waals surface area contributed by atoms with Gasteiger partial charge in [-0.1, -0.05) is 26.0 Å². The lowest BCUT2D eigenvalue weighted by Crippen LogP contribution is -2.19. The summed E-state index contributed by atoms with van der Waals surface area (Å²) in [5.41, 5.74) is 2.61. The molecule has 0 aromatic heterocycles. The topological polar surface area (TPSA) is 50.4 Å². The normalized spacial score (nSPS) is 10.4. The third-order valence-corrected chi connectivity index (χ3v) is 3.60. The summed E-state index contributed by atoms with van der Waals surface area (Å²) < 4.78 is 5.85. The van der Waals surface area contributed by atoms with Crippen molar-refractivity contribution in [3.05, 3.63) is 54.1 Å². The second-order valence-electron chi connectivity index (χ2n) is 5.53. The van der Waals surface area contributed by atoms with Crippen molar-refractivity contribution < 1.29 is 9.53 Å². The summed E-state index contributed by atoms with van der Waals surface area (Å²) in [4.78, 5) is 12.0. The number of rotatable bonds is 6. The molecule has 2 amide bonds. The van der Waals surface area contributed by atoms with E-state index in [4.69, 9.17) is 4.74 Å². The van der Waals surface area contributed by atoms with Crippen molar-refractivity contribution in [2.24, 2.45) is 0 Å². The molecular weight excluding hydrogens is 288 g/mol. The zero-order chi connectivity index (χ0) is 16.7. The summed E-state index contributed by atoms with van der Waals surface area (Å²) in [6, 6.07) is 14.9. The standard InChI is InChI=1S/C19H24N2O2/c1-4-17(5-2)23-18-11-9-15(10-12-18)20-19(22)21-16-8-6-7-14(3)13-16/h6-13,17H,4-5H2,1-3H3,(H2,20,21,22). The largest absolute Gasteiger partial charge is 0.490 e. The molecule has 4 heteroatoms. The Morgan fingerprint density at radius 2 is 1.65 bits per heavy atom. The smallest absolute Gasteiger partial charge is 0.323 e. The van der Waals surface area contributed by atoms with Gasteiger partial charge in [-0.2, -0.15) is 0 Å². The lowest BCUT2D eigenvalue weighted by Gasteiger charge is -2.16. The Balaban J connectivity index is 1.91. The molecule has 0 atom stereocenters. The summed E-state index contributed by atoms with van der Waals surface area (Å²) >= 11 is 0. The highest BCUT2D eigenvalue weighted by Gasteiger charge is 2.06. The molecule has 2 N–H and O–H groups in total. The number of urea groups is 1. The van der Waals surface area contributed by atoms with Gasteiger partial charge < -0.3 is 15.4 Å². The van der Waals surface area contributed by atoms with Crippen LogP contribution in [-0.4, -0.2) is 12.1 Å². The Hall–Kier alpha value is -2.49. The maximum absolute atomic E-state index is 12.0. The van der Waals surface area contributed by atoms with E-state index in [9.17, 15) is 4.79 Å². The highest BCUT2D eigenvalue weighted by atomic mass is 16.5. The highest BCUT2D eigenvalue weighted by Crippen LogP contribution is 2.19. The summed E-state index contributed by atoms with van der Waals surface area (Å²) in [6.07, 6.45) is 2.20. The second-order valence-corrected chi connectivity index (χ2v) is 5.53. The van der Waals surface area contributed by atoms with Gasteiger partial charge in [-0.05, 0) is 61.7 Å². The minimum absolute atomic E-state index is 0.235. The van der Waals surface area contributed by atoms with Crippen LogP contribution in [0.3, 0.4) is 0 Å². The highest BCUT2D eigenvalue weighted by molar-refractivity contribution is 5.99. The molecule has 122 valence electrons.